The van der Waals surface area contributed by atoms with Crippen molar-refractivity contribution in [2.24, 2.45) is 0 Å². The quantitative estimate of drug-likeness (QED) is 0.790. The van der Waals surface area contributed by atoms with Crippen molar-refractivity contribution in [3.8, 4) is 0 Å². The third-order valence-corrected chi connectivity index (χ3v) is 3.88. The van der Waals surface area contributed by atoms with E-state index in [9.17, 15) is 9.59 Å². The zero-order valence-electron chi connectivity index (χ0n) is 14.1. The SMILES string of the molecule is CC[C@H](NC(=O)Nc1cccc(C(=O)NC)c1C)c1ccncc1. The Morgan fingerprint density at radius 2 is 1.88 bits per heavy atom. The van der Waals surface area contributed by atoms with Crippen LogP contribution in [0.15, 0.2) is 42.7 Å². The van der Waals surface area contributed by atoms with Gasteiger partial charge in [-0.05, 0) is 48.7 Å². The van der Waals surface area contributed by atoms with Crippen LogP contribution < -0.4 is 16.0 Å². The smallest absolute Gasteiger partial charge is 0.319 e. The number of hydrogen-bond donors (Lipinski definition) is 3. The van der Waals surface area contributed by atoms with Crippen LogP contribution in [0.2, 0.25) is 0 Å². The second kappa shape index (κ2) is 8.10. The molecule has 1 aromatic heterocycles. The van der Waals surface area contributed by atoms with Crippen LogP contribution in [0.3, 0.4) is 0 Å². The Labute approximate surface area is 141 Å². The lowest BCUT2D eigenvalue weighted by atomic mass is 10.1. The van der Waals surface area contributed by atoms with E-state index in [4.69, 9.17) is 0 Å². The summed E-state index contributed by atoms with van der Waals surface area (Å²) < 4.78 is 0. The van der Waals surface area contributed by atoms with Crippen molar-refractivity contribution in [3.05, 3.63) is 59.4 Å². The summed E-state index contributed by atoms with van der Waals surface area (Å²) in [5, 5.41) is 8.35. The van der Waals surface area contributed by atoms with Crippen molar-refractivity contribution in [2.75, 3.05) is 12.4 Å². The monoisotopic (exact) mass is 326 g/mol. The molecule has 6 heteroatoms. The Hall–Kier alpha value is -2.89. The van der Waals surface area contributed by atoms with Crippen molar-refractivity contribution >= 4 is 17.6 Å². The van der Waals surface area contributed by atoms with Gasteiger partial charge in [0, 0.05) is 30.7 Å². The molecule has 0 saturated carbocycles. The number of aromatic nitrogens is 1. The molecule has 3 N–H and O–H groups in total. The average Bonchev–Trinajstić information content (AvgIpc) is 2.61. The third-order valence-electron chi connectivity index (χ3n) is 3.88. The summed E-state index contributed by atoms with van der Waals surface area (Å²) in [5.74, 6) is -0.181. The lowest BCUT2D eigenvalue weighted by molar-refractivity contribution is 0.0962. The first-order valence-electron chi connectivity index (χ1n) is 7.86. The van der Waals surface area contributed by atoms with Gasteiger partial charge in [0.1, 0.15) is 0 Å². The van der Waals surface area contributed by atoms with Crippen LogP contribution in [0.5, 0.6) is 0 Å². The van der Waals surface area contributed by atoms with E-state index in [-0.39, 0.29) is 18.0 Å². The van der Waals surface area contributed by atoms with E-state index < -0.39 is 0 Å². The molecule has 2 rings (SSSR count). The number of rotatable bonds is 5. The third kappa shape index (κ3) is 4.10. The van der Waals surface area contributed by atoms with Gasteiger partial charge in [-0.15, -0.1) is 0 Å². The average molecular weight is 326 g/mol. The van der Waals surface area contributed by atoms with Crippen LogP contribution in [0, 0.1) is 6.92 Å². The van der Waals surface area contributed by atoms with Gasteiger partial charge in [-0.1, -0.05) is 13.0 Å². The van der Waals surface area contributed by atoms with Crippen molar-refractivity contribution in [2.45, 2.75) is 26.3 Å². The number of nitrogens with zero attached hydrogens (tertiary/aromatic N) is 1. The minimum atomic E-state index is -0.309. The van der Waals surface area contributed by atoms with E-state index in [2.05, 4.69) is 20.9 Å². The molecule has 0 bridgehead atoms. The number of carbonyl (C=O) groups is 2. The molecule has 6 nitrogen and oxygen atoms in total. The van der Waals surface area contributed by atoms with Gasteiger partial charge in [-0.2, -0.15) is 0 Å². The maximum atomic E-state index is 12.3. The van der Waals surface area contributed by atoms with Gasteiger partial charge in [0.15, 0.2) is 0 Å². The Morgan fingerprint density at radius 1 is 1.17 bits per heavy atom. The molecule has 126 valence electrons. The van der Waals surface area contributed by atoms with Gasteiger partial charge in [-0.3, -0.25) is 9.78 Å². The Morgan fingerprint density at radius 3 is 2.50 bits per heavy atom. The molecule has 1 heterocycles. The molecule has 0 spiro atoms. The normalized spacial score (nSPS) is 11.5. The molecule has 1 aromatic carbocycles. The standard InChI is InChI=1S/C18H22N4O2/c1-4-15(13-8-10-20-11-9-13)21-18(24)22-16-7-5-6-14(12(16)2)17(23)19-3/h5-11,15H,4H2,1-3H3,(H,19,23)(H2,21,22,24)/t15-/m0/s1. The molecule has 0 aliphatic carbocycles. The van der Waals surface area contributed by atoms with Crippen LogP contribution in [-0.2, 0) is 0 Å². The number of amides is 3. The van der Waals surface area contributed by atoms with E-state index >= 15 is 0 Å². The summed E-state index contributed by atoms with van der Waals surface area (Å²) in [6.45, 7) is 3.81. The van der Waals surface area contributed by atoms with Crippen molar-refractivity contribution < 1.29 is 9.59 Å². The second-order valence-corrected chi connectivity index (χ2v) is 5.40. The Kier molecular flexibility index (Phi) is 5.89. The predicted molar refractivity (Wildman–Crippen MR) is 94.0 cm³/mol. The molecular weight excluding hydrogens is 304 g/mol. The minimum absolute atomic E-state index is 0.101. The molecule has 0 aliphatic heterocycles. The number of benzene rings is 1. The maximum Gasteiger partial charge on any atom is 0.319 e. The Balaban J connectivity index is 2.11. The number of hydrogen-bond acceptors (Lipinski definition) is 3. The summed E-state index contributed by atoms with van der Waals surface area (Å²) in [6, 6.07) is 8.59. The van der Waals surface area contributed by atoms with Gasteiger partial charge in [0.05, 0.1) is 6.04 Å². The van der Waals surface area contributed by atoms with Crippen molar-refractivity contribution in [1.82, 2.24) is 15.6 Å². The topological polar surface area (TPSA) is 83.1 Å². The van der Waals surface area contributed by atoms with Crippen LogP contribution >= 0.6 is 0 Å². The van der Waals surface area contributed by atoms with Gasteiger partial charge in [0.25, 0.3) is 5.91 Å². The molecule has 2 aromatic rings. The first-order valence-corrected chi connectivity index (χ1v) is 7.86. The highest BCUT2D eigenvalue weighted by molar-refractivity contribution is 5.98. The number of carbonyl (C=O) groups excluding carboxylic acids is 2. The molecule has 3 amide bonds. The summed E-state index contributed by atoms with van der Waals surface area (Å²) in [6.07, 6.45) is 4.16. The lowest BCUT2D eigenvalue weighted by Crippen LogP contribution is -2.32. The highest BCUT2D eigenvalue weighted by atomic mass is 16.2. The van der Waals surface area contributed by atoms with Gasteiger partial charge in [-0.25, -0.2) is 4.79 Å². The largest absolute Gasteiger partial charge is 0.355 e. The number of nitrogens with one attached hydrogen (secondary N) is 3. The summed E-state index contributed by atoms with van der Waals surface area (Å²) >= 11 is 0. The fraction of sp³-hybridized carbons (Fsp3) is 0.278. The Bertz CT molecular complexity index is 716. The molecule has 0 fully saturated rings. The first kappa shape index (κ1) is 17.5. The van der Waals surface area contributed by atoms with E-state index in [0.29, 0.717) is 11.3 Å². The molecule has 24 heavy (non-hydrogen) atoms. The summed E-state index contributed by atoms with van der Waals surface area (Å²) in [7, 11) is 1.58. The number of anilines is 1. The van der Waals surface area contributed by atoms with Gasteiger partial charge in [0.2, 0.25) is 0 Å². The van der Waals surface area contributed by atoms with Crippen molar-refractivity contribution in [1.29, 1.82) is 0 Å². The zero-order valence-corrected chi connectivity index (χ0v) is 14.1. The van der Waals surface area contributed by atoms with Gasteiger partial charge >= 0.3 is 6.03 Å². The fourth-order valence-corrected chi connectivity index (χ4v) is 2.49. The molecular formula is C18H22N4O2. The van der Waals surface area contributed by atoms with Crippen LogP contribution in [-0.4, -0.2) is 24.0 Å². The molecule has 1 atom stereocenters. The highest BCUT2D eigenvalue weighted by Gasteiger charge is 2.15. The molecule has 0 saturated heterocycles. The number of urea groups is 1. The van der Waals surface area contributed by atoms with E-state index in [1.807, 2.05) is 19.1 Å². The summed E-state index contributed by atoms with van der Waals surface area (Å²) in [5.41, 5.74) is 2.87. The fourth-order valence-electron chi connectivity index (χ4n) is 2.49. The van der Waals surface area contributed by atoms with Crippen LogP contribution in [0.4, 0.5) is 10.5 Å². The first-order chi connectivity index (χ1) is 11.6. The second-order valence-electron chi connectivity index (χ2n) is 5.40. The van der Waals surface area contributed by atoms with E-state index in [0.717, 1.165) is 17.5 Å². The lowest BCUT2D eigenvalue weighted by Gasteiger charge is -2.19. The van der Waals surface area contributed by atoms with E-state index in [1.54, 1.807) is 44.6 Å². The maximum absolute atomic E-state index is 12.3. The van der Waals surface area contributed by atoms with Crippen LogP contribution in [0.1, 0.15) is 40.9 Å². The predicted octanol–water partition coefficient (Wildman–Crippen LogP) is 3.02. The van der Waals surface area contributed by atoms with Crippen molar-refractivity contribution in [3.63, 3.8) is 0 Å². The molecule has 0 aliphatic rings. The minimum Gasteiger partial charge on any atom is -0.355 e. The van der Waals surface area contributed by atoms with Gasteiger partial charge < -0.3 is 16.0 Å². The molecule has 0 radical (unpaired) electrons. The highest BCUT2D eigenvalue weighted by Crippen LogP contribution is 2.20. The summed E-state index contributed by atoms with van der Waals surface area (Å²) in [4.78, 5) is 28.1. The number of pyridine rings is 1. The molecule has 0 unspecified atom stereocenters. The van der Waals surface area contributed by atoms with E-state index in [1.165, 1.54) is 0 Å². The van der Waals surface area contributed by atoms with Crippen LogP contribution in [0.25, 0.3) is 0 Å². The zero-order chi connectivity index (χ0) is 17.5.